The molecule has 0 aliphatic carbocycles. The Balaban J connectivity index is 1.49. The molecule has 26 heavy (non-hydrogen) atoms. The van der Waals surface area contributed by atoms with Gasteiger partial charge in [0.15, 0.2) is 6.10 Å². The van der Waals surface area contributed by atoms with Crippen LogP contribution in [0.15, 0.2) is 48.7 Å². The van der Waals surface area contributed by atoms with Gasteiger partial charge >= 0.3 is 5.97 Å². The fraction of sp³-hybridized carbons (Fsp3) is 0.316. The van der Waals surface area contributed by atoms with Gasteiger partial charge in [0, 0.05) is 18.8 Å². The van der Waals surface area contributed by atoms with Gasteiger partial charge in [0.1, 0.15) is 12.7 Å². The number of carbonyl (C=O) groups is 2. The molecule has 2 N–H and O–H groups in total. The maximum Gasteiger partial charge on any atom is 0.332 e. The second-order valence-electron chi connectivity index (χ2n) is 6.02. The van der Waals surface area contributed by atoms with Crippen LogP contribution in [0, 0.1) is 0 Å². The van der Waals surface area contributed by atoms with Crippen LogP contribution in [0.1, 0.15) is 24.0 Å². The number of amides is 1. The number of benzene rings is 1. The number of aromatic nitrogens is 1. The van der Waals surface area contributed by atoms with Crippen LogP contribution in [-0.4, -0.2) is 34.2 Å². The van der Waals surface area contributed by atoms with Gasteiger partial charge in [-0.05, 0) is 30.0 Å². The van der Waals surface area contributed by atoms with E-state index in [2.05, 4.69) is 10.3 Å². The number of carbonyl (C=O) groups excluding carboxylic acids is 1. The molecule has 7 heteroatoms. The van der Waals surface area contributed by atoms with Gasteiger partial charge in [-0.3, -0.25) is 4.79 Å². The molecule has 1 fully saturated rings. The minimum atomic E-state index is -1.03. The average Bonchev–Trinajstić information content (AvgIpc) is 3.16. The summed E-state index contributed by atoms with van der Waals surface area (Å²) in [5.41, 5.74) is 1.88. The van der Waals surface area contributed by atoms with Gasteiger partial charge in [0.25, 0.3) is 0 Å². The summed E-state index contributed by atoms with van der Waals surface area (Å²) in [6, 6.07) is 13.3. The highest BCUT2D eigenvalue weighted by Crippen LogP contribution is 2.20. The molecular weight excluding hydrogens is 336 g/mol. The molecule has 0 bridgehead atoms. The van der Waals surface area contributed by atoms with Crippen LogP contribution in [-0.2, 0) is 27.5 Å². The fourth-order valence-electron chi connectivity index (χ4n) is 2.69. The maximum atomic E-state index is 12.1. The van der Waals surface area contributed by atoms with Gasteiger partial charge in [-0.15, -0.1) is 0 Å². The second kappa shape index (κ2) is 8.44. The first-order valence-corrected chi connectivity index (χ1v) is 8.39. The largest absolute Gasteiger partial charge is 0.479 e. The number of ether oxygens (including phenoxy) is 2. The summed E-state index contributed by atoms with van der Waals surface area (Å²) in [6.45, 7) is 0.705. The standard InChI is InChI=1S/C19H20N2O5/c22-18(15-6-7-16(26-15)19(23)24)21-11-14-8-9-20-17(10-14)25-12-13-4-2-1-3-5-13/h1-5,8-10,15-16H,6-7,11-12H2,(H,21,22)(H,23,24)/t15-,16+/m0/s1. The Labute approximate surface area is 151 Å². The molecule has 2 aromatic rings. The normalized spacial score (nSPS) is 19.1. The third-order valence-corrected chi connectivity index (χ3v) is 4.08. The van der Waals surface area contributed by atoms with Crippen molar-refractivity contribution in [2.45, 2.75) is 38.2 Å². The smallest absolute Gasteiger partial charge is 0.332 e. The van der Waals surface area contributed by atoms with Crippen LogP contribution in [0.4, 0.5) is 0 Å². The molecule has 0 saturated carbocycles. The summed E-state index contributed by atoms with van der Waals surface area (Å²) >= 11 is 0. The first-order valence-electron chi connectivity index (χ1n) is 8.39. The van der Waals surface area contributed by atoms with Crippen LogP contribution in [0.25, 0.3) is 0 Å². The Morgan fingerprint density at radius 1 is 1.15 bits per heavy atom. The van der Waals surface area contributed by atoms with Gasteiger partial charge in [-0.2, -0.15) is 0 Å². The molecule has 0 radical (unpaired) electrons. The Hall–Kier alpha value is -2.93. The van der Waals surface area contributed by atoms with Crippen LogP contribution in [0.2, 0.25) is 0 Å². The molecule has 136 valence electrons. The van der Waals surface area contributed by atoms with Crippen molar-refractivity contribution in [3.8, 4) is 5.88 Å². The summed E-state index contributed by atoms with van der Waals surface area (Å²) in [5, 5.41) is 11.7. The molecule has 1 aromatic carbocycles. The molecule has 1 aliphatic rings. The number of hydrogen-bond acceptors (Lipinski definition) is 5. The summed E-state index contributed by atoms with van der Waals surface area (Å²) in [5.74, 6) is -0.865. The summed E-state index contributed by atoms with van der Waals surface area (Å²) in [4.78, 5) is 27.1. The van der Waals surface area contributed by atoms with Gasteiger partial charge in [0.05, 0.1) is 0 Å². The van der Waals surface area contributed by atoms with Crippen LogP contribution < -0.4 is 10.1 Å². The Morgan fingerprint density at radius 2 is 1.92 bits per heavy atom. The fourth-order valence-corrected chi connectivity index (χ4v) is 2.69. The molecule has 1 aliphatic heterocycles. The number of nitrogens with zero attached hydrogens (tertiary/aromatic N) is 1. The van der Waals surface area contributed by atoms with E-state index in [-0.39, 0.29) is 5.91 Å². The zero-order valence-corrected chi connectivity index (χ0v) is 14.1. The van der Waals surface area contributed by atoms with Crippen LogP contribution >= 0.6 is 0 Å². The number of pyridine rings is 1. The molecule has 3 rings (SSSR count). The summed E-state index contributed by atoms with van der Waals surface area (Å²) in [7, 11) is 0. The quantitative estimate of drug-likeness (QED) is 0.786. The molecule has 1 aromatic heterocycles. The highest BCUT2D eigenvalue weighted by Gasteiger charge is 2.34. The lowest BCUT2D eigenvalue weighted by Gasteiger charge is -2.12. The number of carboxylic acids is 1. The zero-order valence-electron chi connectivity index (χ0n) is 14.1. The van der Waals surface area contributed by atoms with E-state index in [1.165, 1.54) is 0 Å². The zero-order chi connectivity index (χ0) is 18.4. The van der Waals surface area contributed by atoms with Crippen molar-refractivity contribution in [2.24, 2.45) is 0 Å². The van der Waals surface area contributed by atoms with E-state index in [0.29, 0.717) is 31.9 Å². The monoisotopic (exact) mass is 356 g/mol. The Morgan fingerprint density at radius 3 is 2.65 bits per heavy atom. The highest BCUT2D eigenvalue weighted by atomic mass is 16.5. The number of nitrogens with one attached hydrogen (secondary N) is 1. The molecule has 0 unspecified atom stereocenters. The third kappa shape index (κ3) is 4.80. The number of rotatable bonds is 7. The van der Waals surface area contributed by atoms with E-state index in [1.54, 1.807) is 18.3 Å². The molecule has 1 saturated heterocycles. The lowest BCUT2D eigenvalue weighted by Crippen LogP contribution is -2.35. The first-order chi connectivity index (χ1) is 12.6. The molecule has 2 heterocycles. The molecule has 7 nitrogen and oxygen atoms in total. The van der Waals surface area contributed by atoms with Crippen LogP contribution in [0.3, 0.4) is 0 Å². The minimum Gasteiger partial charge on any atom is -0.479 e. The van der Waals surface area contributed by atoms with Crippen molar-refractivity contribution < 1.29 is 24.2 Å². The number of carboxylic acid groups (broad SMARTS) is 1. The first kappa shape index (κ1) is 17.9. The topological polar surface area (TPSA) is 97.8 Å². The van der Waals surface area contributed by atoms with E-state index in [4.69, 9.17) is 14.6 Å². The number of aliphatic carboxylic acids is 1. The lowest BCUT2D eigenvalue weighted by atomic mass is 10.2. The third-order valence-electron chi connectivity index (χ3n) is 4.08. The van der Waals surface area contributed by atoms with Gasteiger partial charge < -0.3 is 19.9 Å². The van der Waals surface area contributed by atoms with E-state index in [9.17, 15) is 9.59 Å². The average molecular weight is 356 g/mol. The second-order valence-corrected chi connectivity index (χ2v) is 6.02. The van der Waals surface area contributed by atoms with Gasteiger partial charge in [0.2, 0.25) is 11.8 Å². The van der Waals surface area contributed by atoms with Crippen molar-refractivity contribution in [3.63, 3.8) is 0 Å². The van der Waals surface area contributed by atoms with Crippen LogP contribution in [0.5, 0.6) is 5.88 Å². The summed E-state index contributed by atoms with van der Waals surface area (Å²) in [6.07, 6.45) is 0.760. The molecule has 1 amide bonds. The Kier molecular flexibility index (Phi) is 5.80. The van der Waals surface area contributed by atoms with Crippen molar-refractivity contribution in [1.82, 2.24) is 10.3 Å². The lowest BCUT2D eigenvalue weighted by molar-refractivity contribution is -0.151. The SMILES string of the molecule is O=C(NCc1ccnc(OCc2ccccc2)c1)[C@@H]1CC[C@H](C(=O)O)O1. The predicted octanol–water partition coefficient (Wildman–Crippen LogP) is 1.91. The Bertz CT molecular complexity index is 766. The van der Waals surface area contributed by atoms with Crippen molar-refractivity contribution >= 4 is 11.9 Å². The van der Waals surface area contributed by atoms with E-state index >= 15 is 0 Å². The van der Waals surface area contributed by atoms with E-state index in [1.807, 2.05) is 30.3 Å². The van der Waals surface area contributed by atoms with Gasteiger partial charge in [-0.1, -0.05) is 30.3 Å². The number of hydrogen-bond donors (Lipinski definition) is 2. The van der Waals surface area contributed by atoms with Crippen molar-refractivity contribution in [3.05, 3.63) is 59.8 Å². The van der Waals surface area contributed by atoms with Crippen molar-refractivity contribution in [2.75, 3.05) is 0 Å². The molecule has 2 atom stereocenters. The summed E-state index contributed by atoms with van der Waals surface area (Å²) < 4.78 is 10.9. The van der Waals surface area contributed by atoms with Crippen molar-refractivity contribution in [1.29, 1.82) is 0 Å². The van der Waals surface area contributed by atoms with E-state index in [0.717, 1.165) is 11.1 Å². The molecular formula is C19H20N2O5. The highest BCUT2D eigenvalue weighted by molar-refractivity contribution is 5.82. The predicted molar refractivity (Wildman–Crippen MR) is 92.4 cm³/mol. The minimum absolute atomic E-state index is 0.292. The molecule has 0 spiro atoms. The van der Waals surface area contributed by atoms with Gasteiger partial charge in [-0.25, -0.2) is 9.78 Å². The maximum absolute atomic E-state index is 12.1. The van der Waals surface area contributed by atoms with E-state index < -0.39 is 18.2 Å².